The Kier molecular flexibility index (Phi) is 5.98. The van der Waals surface area contributed by atoms with Gasteiger partial charge in [-0.1, -0.05) is 6.07 Å². The van der Waals surface area contributed by atoms with E-state index < -0.39 is 11.9 Å². The predicted octanol–water partition coefficient (Wildman–Crippen LogP) is -0.129. The lowest BCUT2D eigenvalue weighted by atomic mass is 10.1. The smallest absolute Gasteiger partial charge is 0.414 e. The first-order valence-corrected chi connectivity index (χ1v) is 4.34. The van der Waals surface area contributed by atoms with Gasteiger partial charge in [-0.3, -0.25) is 5.84 Å². The first-order valence-electron chi connectivity index (χ1n) is 4.34. The predicted molar refractivity (Wildman–Crippen MR) is 59.0 cm³/mol. The zero-order valence-corrected chi connectivity index (χ0v) is 8.91. The van der Waals surface area contributed by atoms with E-state index >= 15 is 0 Å². The van der Waals surface area contributed by atoms with Gasteiger partial charge in [0.1, 0.15) is 12.1 Å². The molecule has 0 aromatic heterocycles. The monoisotopic (exact) mass is 248 g/mol. The highest BCUT2D eigenvalue weighted by molar-refractivity contribution is 6.27. The fraction of sp³-hybridized carbons (Fsp3) is 0. The Morgan fingerprint density at radius 1 is 1.11 bits per heavy atom. The summed E-state index contributed by atoms with van der Waals surface area (Å²) < 4.78 is 0. The lowest BCUT2D eigenvalue weighted by Gasteiger charge is -2.03. The summed E-state index contributed by atoms with van der Waals surface area (Å²) in [7, 11) is 0. The second kappa shape index (κ2) is 7.22. The minimum atomic E-state index is -1.82. The van der Waals surface area contributed by atoms with E-state index in [4.69, 9.17) is 36.2 Å². The number of nitrogens with zero attached hydrogens (tertiary/aromatic N) is 2. The Hall–Kier alpha value is -3.10. The number of nitrogens with one attached hydrogen (secondary N) is 1. The third-order valence-electron chi connectivity index (χ3n) is 1.63. The van der Waals surface area contributed by atoms with Gasteiger partial charge in [0, 0.05) is 0 Å². The number of carbonyl (C=O) groups is 2. The van der Waals surface area contributed by atoms with Crippen molar-refractivity contribution < 1.29 is 19.8 Å². The van der Waals surface area contributed by atoms with Crippen LogP contribution in [-0.4, -0.2) is 22.2 Å². The highest BCUT2D eigenvalue weighted by Crippen LogP contribution is 2.17. The number of hydrogen-bond donors (Lipinski definition) is 4. The van der Waals surface area contributed by atoms with E-state index in [1.807, 2.05) is 12.1 Å². The standard InChI is InChI=1S/C8H6N4.C2H2O4/c9-4-6-2-1-3-7(5-10)8(6)12-11;3-1(4)2(5)6/h1-3,12H,11H2;(H,3,4)(H,5,6). The van der Waals surface area contributed by atoms with Crippen molar-refractivity contribution >= 4 is 17.6 Å². The molecule has 0 aliphatic carbocycles. The van der Waals surface area contributed by atoms with Crippen LogP contribution in [0.4, 0.5) is 5.69 Å². The molecule has 0 fully saturated rings. The van der Waals surface area contributed by atoms with Crippen LogP contribution in [0.25, 0.3) is 0 Å². The lowest BCUT2D eigenvalue weighted by molar-refractivity contribution is -0.159. The van der Waals surface area contributed by atoms with Crippen LogP contribution < -0.4 is 11.3 Å². The van der Waals surface area contributed by atoms with Crippen LogP contribution in [0.2, 0.25) is 0 Å². The summed E-state index contributed by atoms with van der Waals surface area (Å²) in [5.41, 5.74) is 3.44. The third-order valence-corrected chi connectivity index (χ3v) is 1.63. The molecule has 8 heteroatoms. The Morgan fingerprint density at radius 2 is 1.50 bits per heavy atom. The minimum absolute atomic E-state index is 0.372. The highest BCUT2D eigenvalue weighted by Gasteiger charge is 2.05. The molecule has 18 heavy (non-hydrogen) atoms. The Labute approximate surface area is 101 Å². The molecule has 0 unspecified atom stereocenters. The third kappa shape index (κ3) is 4.18. The van der Waals surface area contributed by atoms with Gasteiger partial charge < -0.3 is 15.6 Å². The zero-order valence-electron chi connectivity index (χ0n) is 8.91. The molecule has 1 aromatic carbocycles. The second-order valence-corrected chi connectivity index (χ2v) is 2.71. The van der Waals surface area contributed by atoms with Crippen LogP contribution in [0.1, 0.15) is 11.1 Å². The summed E-state index contributed by atoms with van der Waals surface area (Å²) in [5, 5.41) is 32.0. The van der Waals surface area contributed by atoms with Gasteiger partial charge in [0.2, 0.25) is 0 Å². The van der Waals surface area contributed by atoms with Crippen molar-refractivity contribution in [2.24, 2.45) is 5.84 Å². The number of carboxylic acids is 2. The summed E-state index contributed by atoms with van der Waals surface area (Å²) in [5.74, 6) is 1.50. The van der Waals surface area contributed by atoms with Gasteiger partial charge >= 0.3 is 11.9 Å². The van der Waals surface area contributed by atoms with E-state index in [0.717, 1.165) is 0 Å². The van der Waals surface area contributed by atoms with Crippen LogP contribution in [0.15, 0.2) is 18.2 Å². The van der Waals surface area contributed by atoms with Gasteiger partial charge in [-0.2, -0.15) is 10.5 Å². The number of hydrogen-bond acceptors (Lipinski definition) is 6. The van der Waals surface area contributed by atoms with Gasteiger partial charge in [0.05, 0.1) is 16.8 Å². The number of para-hydroxylation sites is 1. The second-order valence-electron chi connectivity index (χ2n) is 2.71. The molecule has 0 atom stereocenters. The van der Waals surface area contributed by atoms with Crippen molar-refractivity contribution in [2.45, 2.75) is 0 Å². The maximum absolute atomic E-state index is 9.10. The molecular formula is C10H8N4O4. The summed E-state index contributed by atoms with van der Waals surface area (Å²) >= 11 is 0. The van der Waals surface area contributed by atoms with Crippen molar-refractivity contribution in [1.82, 2.24) is 0 Å². The fourth-order valence-electron chi connectivity index (χ4n) is 0.894. The van der Waals surface area contributed by atoms with E-state index in [9.17, 15) is 0 Å². The van der Waals surface area contributed by atoms with E-state index in [2.05, 4.69) is 5.43 Å². The quantitative estimate of drug-likeness (QED) is 0.303. The van der Waals surface area contributed by atoms with Crippen molar-refractivity contribution in [3.63, 3.8) is 0 Å². The van der Waals surface area contributed by atoms with E-state index in [1.165, 1.54) is 0 Å². The van der Waals surface area contributed by atoms with Crippen LogP contribution in [0.5, 0.6) is 0 Å². The maximum Gasteiger partial charge on any atom is 0.414 e. The van der Waals surface area contributed by atoms with Crippen molar-refractivity contribution in [3.05, 3.63) is 29.3 Å². The number of hydrazine groups is 1. The SMILES string of the molecule is N#Cc1cccc(C#N)c1NN.O=C(O)C(=O)O. The topological polar surface area (TPSA) is 160 Å². The van der Waals surface area contributed by atoms with E-state index in [0.29, 0.717) is 16.8 Å². The Bertz CT molecular complexity index is 498. The maximum atomic E-state index is 9.10. The van der Waals surface area contributed by atoms with Gasteiger partial charge in [-0.25, -0.2) is 9.59 Å². The molecule has 5 N–H and O–H groups in total. The number of nitriles is 2. The molecule has 0 amide bonds. The summed E-state index contributed by atoms with van der Waals surface area (Å²) in [6.07, 6.45) is 0. The number of nitrogens with two attached hydrogens (primary N) is 1. The van der Waals surface area contributed by atoms with E-state index in [-0.39, 0.29) is 0 Å². The summed E-state index contributed by atoms with van der Waals surface area (Å²) in [6.45, 7) is 0. The number of nitrogen functional groups attached to an aromatic ring is 1. The van der Waals surface area contributed by atoms with Gasteiger partial charge in [-0.05, 0) is 12.1 Å². The molecule has 8 nitrogen and oxygen atoms in total. The first kappa shape index (κ1) is 14.9. The average molecular weight is 248 g/mol. The number of benzene rings is 1. The molecule has 0 radical (unpaired) electrons. The number of anilines is 1. The molecule has 0 saturated heterocycles. The molecule has 0 heterocycles. The van der Waals surface area contributed by atoms with Gasteiger partial charge in [-0.15, -0.1) is 0 Å². The molecule has 1 rings (SSSR count). The Morgan fingerprint density at radius 3 is 1.72 bits per heavy atom. The zero-order chi connectivity index (χ0) is 14.1. The van der Waals surface area contributed by atoms with Crippen LogP contribution in [0, 0.1) is 22.7 Å². The number of aliphatic carboxylic acids is 2. The molecule has 1 aromatic rings. The molecular weight excluding hydrogens is 240 g/mol. The van der Waals surface area contributed by atoms with Crippen LogP contribution in [-0.2, 0) is 9.59 Å². The van der Waals surface area contributed by atoms with Crippen LogP contribution >= 0.6 is 0 Å². The largest absolute Gasteiger partial charge is 0.473 e. The van der Waals surface area contributed by atoms with Gasteiger partial charge in [0.25, 0.3) is 0 Å². The van der Waals surface area contributed by atoms with Crippen molar-refractivity contribution in [1.29, 1.82) is 10.5 Å². The molecule has 0 spiro atoms. The van der Waals surface area contributed by atoms with E-state index in [1.54, 1.807) is 18.2 Å². The van der Waals surface area contributed by atoms with Gasteiger partial charge in [0.15, 0.2) is 0 Å². The average Bonchev–Trinajstić information content (AvgIpc) is 2.37. The number of rotatable bonds is 1. The van der Waals surface area contributed by atoms with Crippen LogP contribution in [0.3, 0.4) is 0 Å². The summed E-state index contributed by atoms with van der Waals surface area (Å²) in [6, 6.07) is 8.68. The Balaban J connectivity index is 0.000000411. The van der Waals surface area contributed by atoms with Crippen molar-refractivity contribution in [3.8, 4) is 12.1 Å². The highest BCUT2D eigenvalue weighted by atomic mass is 16.4. The first-order chi connectivity index (χ1) is 8.47. The van der Waals surface area contributed by atoms with Crippen molar-refractivity contribution in [2.75, 3.05) is 5.43 Å². The molecule has 0 aliphatic rings. The minimum Gasteiger partial charge on any atom is -0.473 e. The fourth-order valence-corrected chi connectivity index (χ4v) is 0.894. The molecule has 0 bridgehead atoms. The normalized spacial score (nSPS) is 7.94. The molecule has 0 saturated carbocycles. The number of carboxylic acid groups (broad SMARTS) is 2. The molecule has 92 valence electrons. The molecule has 0 aliphatic heterocycles. The lowest BCUT2D eigenvalue weighted by Crippen LogP contribution is -2.09. The summed E-state index contributed by atoms with van der Waals surface area (Å²) in [4.78, 5) is 18.2.